The molecular formula is C22H34N4O3. The van der Waals surface area contributed by atoms with E-state index in [-0.39, 0.29) is 6.10 Å². The smallest absolute Gasteiger partial charge is 0.191 e. The van der Waals surface area contributed by atoms with Crippen LogP contribution in [0.2, 0.25) is 0 Å². The first-order chi connectivity index (χ1) is 14.1. The summed E-state index contributed by atoms with van der Waals surface area (Å²) < 4.78 is 10.8. The summed E-state index contributed by atoms with van der Waals surface area (Å²) in [6, 6.07) is 6.44. The molecule has 1 heterocycles. The van der Waals surface area contributed by atoms with Crippen LogP contribution in [0.3, 0.4) is 0 Å². The molecule has 7 heteroatoms. The maximum absolute atomic E-state index is 9.67. The highest BCUT2D eigenvalue weighted by molar-refractivity contribution is 5.88. The normalized spacial score (nSPS) is 19.9. The van der Waals surface area contributed by atoms with Crippen molar-refractivity contribution in [3.63, 3.8) is 0 Å². The van der Waals surface area contributed by atoms with Crippen molar-refractivity contribution in [2.75, 3.05) is 27.3 Å². The van der Waals surface area contributed by atoms with Gasteiger partial charge in [-0.15, -0.1) is 0 Å². The number of hydrogen-bond acceptors (Lipinski definition) is 4. The minimum absolute atomic E-state index is 0.137. The molecule has 0 spiro atoms. The van der Waals surface area contributed by atoms with Gasteiger partial charge in [0.15, 0.2) is 5.96 Å². The summed E-state index contributed by atoms with van der Waals surface area (Å²) in [6.45, 7) is 3.67. The van der Waals surface area contributed by atoms with Gasteiger partial charge in [0, 0.05) is 42.3 Å². The Bertz CT molecular complexity index is 810. The third-order valence-electron chi connectivity index (χ3n) is 5.44. The number of nitrogens with one attached hydrogen (secondary N) is 3. The highest BCUT2D eigenvalue weighted by Gasteiger charge is 2.19. The van der Waals surface area contributed by atoms with Crippen LogP contribution in [0, 0.1) is 0 Å². The van der Waals surface area contributed by atoms with Crippen molar-refractivity contribution in [1.29, 1.82) is 0 Å². The Hall–Kier alpha value is -2.41. The van der Waals surface area contributed by atoms with E-state index in [9.17, 15) is 5.11 Å². The molecule has 1 aromatic heterocycles. The van der Waals surface area contributed by atoms with Crippen LogP contribution < -0.4 is 20.1 Å². The third kappa shape index (κ3) is 5.79. The number of nitrogens with zero attached hydrogens (tertiary/aromatic N) is 1. The molecule has 1 aliphatic rings. The SMILES string of the molecule is CCNC(=NCCCc1cc2c(OC)cc(OC)cc2[nH]1)NC1CCC(O)CC1. The number of methoxy groups -OCH3 is 2. The second-order valence-electron chi connectivity index (χ2n) is 7.60. The standard InChI is InChI=1S/C22H34N4O3/c1-4-23-22(26-15-7-9-17(27)10-8-15)24-11-5-6-16-12-19-20(25-16)13-18(28-2)14-21(19)29-3/h12-15,17,25,27H,4-11H2,1-3H3,(H2,23,24,26). The molecule has 1 aromatic carbocycles. The Balaban J connectivity index is 1.56. The number of ether oxygens (including phenoxy) is 2. The van der Waals surface area contributed by atoms with Crippen molar-refractivity contribution < 1.29 is 14.6 Å². The van der Waals surface area contributed by atoms with Gasteiger partial charge in [0.05, 0.1) is 25.8 Å². The number of aromatic nitrogens is 1. The molecular weight excluding hydrogens is 368 g/mol. The van der Waals surface area contributed by atoms with E-state index < -0.39 is 0 Å². The van der Waals surface area contributed by atoms with E-state index >= 15 is 0 Å². The van der Waals surface area contributed by atoms with E-state index in [1.807, 2.05) is 12.1 Å². The molecule has 3 rings (SSSR count). The minimum atomic E-state index is -0.137. The summed E-state index contributed by atoms with van der Waals surface area (Å²) in [5, 5.41) is 17.6. The van der Waals surface area contributed by atoms with Crippen LogP contribution in [0.4, 0.5) is 0 Å². The molecule has 29 heavy (non-hydrogen) atoms. The fraction of sp³-hybridized carbons (Fsp3) is 0.591. The van der Waals surface area contributed by atoms with Crippen LogP contribution in [-0.2, 0) is 6.42 Å². The lowest BCUT2D eigenvalue weighted by Crippen LogP contribution is -2.45. The van der Waals surface area contributed by atoms with Gasteiger partial charge in [-0.3, -0.25) is 4.99 Å². The molecule has 0 amide bonds. The highest BCUT2D eigenvalue weighted by atomic mass is 16.5. The molecule has 0 aliphatic heterocycles. The van der Waals surface area contributed by atoms with Crippen molar-refractivity contribution in [1.82, 2.24) is 15.6 Å². The second kappa shape index (κ2) is 10.4. The number of aliphatic hydroxyl groups excluding tert-OH is 1. The number of benzene rings is 1. The predicted octanol–water partition coefficient (Wildman–Crippen LogP) is 2.98. The summed E-state index contributed by atoms with van der Waals surface area (Å²) in [7, 11) is 3.34. The fourth-order valence-corrected chi connectivity index (χ4v) is 3.85. The average molecular weight is 403 g/mol. The lowest BCUT2D eigenvalue weighted by Gasteiger charge is -2.27. The van der Waals surface area contributed by atoms with Crippen molar-refractivity contribution in [2.45, 2.75) is 57.6 Å². The van der Waals surface area contributed by atoms with Crippen LogP contribution in [0.25, 0.3) is 10.9 Å². The maximum atomic E-state index is 9.67. The van der Waals surface area contributed by atoms with Gasteiger partial charge in [0.1, 0.15) is 11.5 Å². The van der Waals surface area contributed by atoms with Gasteiger partial charge >= 0.3 is 0 Å². The van der Waals surface area contributed by atoms with Crippen LogP contribution in [0.1, 0.15) is 44.7 Å². The third-order valence-corrected chi connectivity index (χ3v) is 5.44. The monoisotopic (exact) mass is 402 g/mol. The van der Waals surface area contributed by atoms with Crippen molar-refractivity contribution in [3.05, 3.63) is 23.9 Å². The summed E-state index contributed by atoms with van der Waals surface area (Å²) in [4.78, 5) is 8.19. The molecule has 0 bridgehead atoms. The summed E-state index contributed by atoms with van der Waals surface area (Å²) in [5.74, 6) is 2.47. The lowest BCUT2D eigenvalue weighted by atomic mass is 9.93. The largest absolute Gasteiger partial charge is 0.497 e. The lowest BCUT2D eigenvalue weighted by molar-refractivity contribution is 0.120. The quantitative estimate of drug-likeness (QED) is 0.310. The number of hydrogen-bond donors (Lipinski definition) is 4. The maximum Gasteiger partial charge on any atom is 0.191 e. The number of aryl methyl sites for hydroxylation is 1. The number of fused-ring (bicyclic) bond motifs is 1. The number of rotatable bonds is 8. The number of guanidine groups is 1. The molecule has 0 unspecified atom stereocenters. The van der Waals surface area contributed by atoms with Crippen LogP contribution in [0.15, 0.2) is 23.2 Å². The zero-order valence-corrected chi connectivity index (χ0v) is 17.8. The zero-order valence-electron chi connectivity index (χ0n) is 17.8. The molecule has 4 N–H and O–H groups in total. The Morgan fingerprint density at radius 3 is 2.66 bits per heavy atom. The van der Waals surface area contributed by atoms with Crippen molar-refractivity contribution in [3.8, 4) is 11.5 Å². The zero-order chi connectivity index (χ0) is 20.6. The Labute approximate surface area is 172 Å². The van der Waals surface area contributed by atoms with Crippen LogP contribution in [-0.4, -0.2) is 55.5 Å². The summed E-state index contributed by atoms with van der Waals surface area (Å²) >= 11 is 0. The number of aromatic amines is 1. The van der Waals surface area contributed by atoms with E-state index in [0.717, 1.165) is 80.0 Å². The van der Waals surface area contributed by atoms with E-state index in [4.69, 9.17) is 14.5 Å². The van der Waals surface area contributed by atoms with Crippen LogP contribution in [0.5, 0.6) is 11.5 Å². The summed E-state index contributed by atoms with van der Waals surface area (Å²) in [6.07, 6.45) is 5.45. The number of aliphatic imine (C=N–C) groups is 1. The van der Waals surface area contributed by atoms with E-state index in [1.54, 1.807) is 14.2 Å². The minimum Gasteiger partial charge on any atom is -0.497 e. The van der Waals surface area contributed by atoms with E-state index in [0.29, 0.717) is 6.04 Å². The second-order valence-corrected chi connectivity index (χ2v) is 7.60. The van der Waals surface area contributed by atoms with Gasteiger partial charge in [-0.1, -0.05) is 0 Å². The molecule has 160 valence electrons. The highest BCUT2D eigenvalue weighted by Crippen LogP contribution is 2.31. The van der Waals surface area contributed by atoms with Crippen molar-refractivity contribution in [2.24, 2.45) is 4.99 Å². The molecule has 1 saturated carbocycles. The summed E-state index contributed by atoms with van der Waals surface area (Å²) in [5.41, 5.74) is 2.19. The molecule has 0 radical (unpaired) electrons. The molecule has 1 fully saturated rings. The van der Waals surface area contributed by atoms with Gasteiger partial charge < -0.3 is 30.2 Å². The van der Waals surface area contributed by atoms with Gasteiger partial charge in [-0.05, 0) is 51.5 Å². The first-order valence-electron chi connectivity index (χ1n) is 10.6. The van der Waals surface area contributed by atoms with Gasteiger partial charge in [-0.25, -0.2) is 0 Å². The van der Waals surface area contributed by atoms with Crippen LogP contribution >= 0.6 is 0 Å². The van der Waals surface area contributed by atoms with Gasteiger partial charge in [-0.2, -0.15) is 0 Å². The molecule has 0 saturated heterocycles. The van der Waals surface area contributed by atoms with Gasteiger partial charge in [0.2, 0.25) is 0 Å². The Kier molecular flexibility index (Phi) is 7.63. The van der Waals surface area contributed by atoms with E-state index in [1.165, 1.54) is 5.69 Å². The first-order valence-corrected chi connectivity index (χ1v) is 10.6. The number of H-pyrrole nitrogens is 1. The number of aliphatic hydroxyl groups is 1. The average Bonchev–Trinajstić information content (AvgIpc) is 3.15. The Morgan fingerprint density at radius 2 is 1.97 bits per heavy atom. The van der Waals surface area contributed by atoms with E-state index in [2.05, 4.69) is 28.6 Å². The first kappa shape index (κ1) is 21.3. The topological polar surface area (TPSA) is 90.9 Å². The van der Waals surface area contributed by atoms with Gasteiger partial charge in [0.25, 0.3) is 0 Å². The fourth-order valence-electron chi connectivity index (χ4n) is 3.85. The Morgan fingerprint density at radius 1 is 1.17 bits per heavy atom. The van der Waals surface area contributed by atoms with Crippen molar-refractivity contribution >= 4 is 16.9 Å². The molecule has 1 aliphatic carbocycles. The molecule has 2 aromatic rings. The molecule has 0 atom stereocenters. The predicted molar refractivity (Wildman–Crippen MR) is 117 cm³/mol. The molecule has 7 nitrogen and oxygen atoms in total.